The summed E-state index contributed by atoms with van der Waals surface area (Å²) in [5.41, 5.74) is 0.920. The molecule has 0 radical (unpaired) electrons. The van der Waals surface area contributed by atoms with Gasteiger partial charge in [-0.05, 0) is 24.3 Å². The fourth-order valence-electron chi connectivity index (χ4n) is 2.21. The van der Waals surface area contributed by atoms with Crippen molar-refractivity contribution in [2.45, 2.75) is 6.54 Å². The van der Waals surface area contributed by atoms with E-state index in [9.17, 15) is 9.59 Å². The Labute approximate surface area is 136 Å². The van der Waals surface area contributed by atoms with Gasteiger partial charge in [-0.25, -0.2) is 9.89 Å². The highest BCUT2D eigenvalue weighted by Crippen LogP contribution is 2.15. The Morgan fingerprint density at radius 3 is 2.70 bits per heavy atom. The van der Waals surface area contributed by atoms with Crippen molar-refractivity contribution in [2.24, 2.45) is 0 Å². The van der Waals surface area contributed by atoms with Crippen LogP contribution in [0.1, 0.15) is 5.69 Å². The normalized spacial score (nSPS) is 10.5. The lowest BCUT2D eigenvalue weighted by Gasteiger charge is -2.09. The molecule has 0 aliphatic heterocycles. The van der Waals surface area contributed by atoms with E-state index < -0.39 is 0 Å². The number of hydrogen-bond donors (Lipinski definition) is 3. The number of urea groups is 1. The van der Waals surface area contributed by atoms with Gasteiger partial charge >= 0.3 is 6.03 Å². The molecule has 1 aromatic heterocycles. The number of fused-ring (bicyclic) bond motifs is 1. The average molecular weight is 329 g/mol. The Balaban J connectivity index is 1.72. The molecule has 0 spiro atoms. The summed E-state index contributed by atoms with van der Waals surface area (Å²) in [5, 5.41) is 13.6. The van der Waals surface area contributed by atoms with Gasteiger partial charge in [-0.1, -0.05) is 35.9 Å². The number of benzene rings is 2. The van der Waals surface area contributed by atoms with E-state index in [1.807, 2.05) is 6.07 Å². The van der Waals surface area contributed by atoms with Gasteiger partial charge in [0.25, 0.3) is 5.56 Å². The van der Waals surface area contributed by atoms with E-state index in [0.29, 0.717) is 27.2 Å². The molecule has 0 atom stereocenters. The van der Waals surface area contributed by atoms with Crippen LogP contribution in [0.25, 0.3) is 10.8 Å². The quantitative estimate of drug-likeness (QED) is 0.691. The minimum absolute atomic E-state index is 0.184. The van der Waals surface area contributed by atoms with Gasteiger partial charge in [0.05, 0.1) is 17.6 Å². The molecule has 0 aliphatic rings. The number of halogens is 1. The van der Waals surface area contributed by atoms with E-state index in [1.54, 1.807) is 42.5 Å². The molecule has 3 N–H and O–H groups in total. The van der Waals surface area contributed by atoms with Crippen molar-refractivity contribution in [3.8, 4) is 0 Å². The van der Waals surface area contributed by atoms with E-state index in [1.165, 1.54) is 0 Å². The zero-order valence-corrected chi connectivity index (χ0v) is 12.7. The topological polar surface area (TPSA) is 86.9 Å². The number of H-pyrrole nitrogens is 1. The summed E-state index contributed by atoms with van der Waals surface area (Å²) in [6.45, 7) is 0.184. The Hall–Kier alpha value is -2.86. The Morgan fingerprint density at radius 1 is 1.13 bits per heavy atom. The zero-order chi connectivity index (χ0) is 16.2. The van der Waals surface area contributed by atoms with Crippen LogP contribution < -0.4 is 16.2 Å². The predicted molar refractivity (Wildman–Crippen MR) is 89.7 cm³/mol. The standard InChI is InChI=1S/C16H13ClN4O2/c17-10-4-3-5-11(8-10)19-16(23)18-9-14-12-6-1-2-7-13(12)15(22)21-20-14/h1-8H,9H2,(H,21,22)(H2,18,19,23). The largest absolute Gasteiger partial charge is 0.332 e. The average Bonchev–Trinajstić information content (AvgIpc) is 2.54. The molecule has 0 aliphatic carbocycles. The number of carbonyl (C=O) groups is 1. The van der Waals surface area contributed by atoms with Gasteiger partial charge < -0.3 is 10.6 Å². The first-order chi connectivity index (χ1) is 11.1. The van der Waals surface area contributed by atoms with Crippen LogP contribution in [0.2, 0.25) is 5.02 Å². The van der Waals surface area contributed by atoms with Crippen LogP contribution in [0.15, 0.2) is 53.3 Å². The molecule has 116 valence electrons. The van der Waals surface area contributed by atoms with E-state index in [-0.39, 0.29) is 18.1 Å². The lowest BCUT2D eigenvalue weighted by Crippen LogP contribution is -2.29. The SMILES string of the molecule is O=C(NCc1n[nH]c(=O)c2ccccc12)Nc1cccc(Cl)c1. The van der Waals surface area contributed by atoms with Gasteiger partial charge in [0.2, 0.25) is 0 Å². The molecule has 2 aromatic carbocycles. The number of hydrogen-bond acceptors (Lipinski definition) is 3. The summed E-state index contributed by atoms with van der Waals surface area (Å²) in [5.74, 6) is 0. The molecule has 0 saturated carbocycles. The van der Waals surface area contributed by atoms with Gasteiger partial charge in [-0.2, -0.15) is 5.10 Å². The summed E-state index contributed by atoms with van der Waals surface area (Å²) in [6.07, 6.45) is 0. The van der Waals surface area contributed by atoms with Gasteiger partial charge in [-0.3, -0.25) is 4.79 Å². The first kappa shape index (κ1) is 15.1. The van der Waals surface area contributed by atoms with Crippen LogP contribution in [-0.2, 0) is 6.54 Å². The third-order valence-corrected chi connectivity index (χ3v) is 3.51. The number of carbonyl (C=O) groups excluding carboxylic acids is 1. The molecule has 0 saturated heterocycles. The monoisotopic (exact) mass is 328 g/mol. The van der Waals surface area contributed by atoms with Gasteiger partial charge in [0.1, 0.15) is 0 Å². The Kier molecular flexibility index (Phi) is 4.25. The molecule has 2 amide bonds. The van der Waals surface area contributed by atoms with Crippen LogP contribution in [0.4, 0.5) is 10.5 Å². The van der Waals surface area contributed by atoms with E-state index >= 15 is 0 Å². The third-order valence-electron chi connectivity index (χ3n) is 3.27. The summed E-state index contributed by atoms with van der Waals surface area (Å²) in [7, 11) is 0. The van der Waals surface area contributed by atoms with Crippen molar-refractivity contribution in [1.29, 1.82) is 0 Å². The number of rotatable bonds is 3. The maximum absolute atomic E-state index is 11.9. The van der Waals surface area contributed by atoms with E-state index in [2.05, 4.69) is 20.8 Å². The van der Waals surface area contributed by atoms with Crippen LogP contribution >= 0.6 is 11.6 Å². The number of anilines is 1. The molecule has 3 rings (SSSR count). The summed E-state index contributed by atoms with van der Waals surface area (Å²) >= 11 is 5.87. The summed E-state index contributed by atoms with van der Waals surface area (Å²) in [4.78, 5) is 23.6. The molecular weight excluding hydrogens is 316 g/mol. The van der Waals surface area contributed by atoms with Crippen molar-refractivity contribution in [1.82, 2.24) is 15.5 Å². The zero-order valence-electron chi connectivity index (χ0n) is 12.0. The highest BCUT2D eigenvalue weighted by molar-refractivity contribution is 6.30. The van der Waals surface area contributed by atoms with Crippen molar-refractivity contribution in [2.75, 3.05) is 5.32 Å². The van der Waals surface area contributed by atoms with Crippen molar-refractivity contribution in [3.05, 3.63) is 69.6 Å². The molecule has 23 heavy (non-hydrogen) atoms. The molecule has 0 unspecified atom stereocenters. The van der Waals surface area contributed by atoms with Gasteiger partial charge in [0.15, 0.2) is 0 Å². The van der Waals surface area contributed by atoms with Gasteiger partial charge in [-0.15, -0.1) is 0 Å². The number of aromatic nitrogens is 2. The Morgan fingerprint density at radius 2 is 1.91 bits per heavy atom. The number of nitrogens with zero attached hydrogens (tertiary/aromatic N) is 1. The van der Waals surface area contributed by atoms with Crippen LogP contribution in [0.5, 0.6) is 0 Å². The molecule has 0 bridgehead atoms. The fraction of sp³-hybridized carbons (Fsp3) is 0.0625. The highest BCUT2D eigenvalue weighted by atomic mass is 35.5. The molecule has 7 heteroatoms. The highest BCUT2D eigenvalue weighted by Gasteiger charge is 2.08. The van der Waals surface area contributed by atoms with Crippen molar-refractivity contribution < 1.29 is 4.79 Å². The summed E-state index contributed by atoms with van der Waals surface area (Å²) in [6, 6.07) is 13.6. The Bertz CT molecular complexity index is 923. The van der Waals surface area contributed by atoms with Crippen LogP contribution in [0, 0.1) is 0 Å². The van der Waals surface area contributed by atoms with Crippen molar-refractivity contribution in [3.63, 3.8) is 0 Å². The van der Waals surface area contributed by atoms with Crippen LogP contribution in [-0.4, -0.2) is 16.2 Å². The number of amides is 2. The first-order valence-electron chi connectivity index (χ1n) is 6.90. The fourth-order valence-corrected chi connectivity index (χ4v) is 2.40. The lowest BCUT2D eigenvalue weighted by atomic mass is 10.1. The number of nitrogens with one attached hydrogen (secondary N) is 3. The molecule has 1 heterocycles. The molecular formula is C16H13ClN4O2. The molecule has 6 nitrogen and oxygen atoms in total. The van der Waals surface area contributed by atoms with E-state index in [4.69, 9.17) is 11.6 Å². The maximum atomic E-state index is 11.9. The molecule has 0 fully saturated rings. The molecule has 3 aromatic rings. The minimum atomic E-state index is -0.385. The lowest BCUT2D eigenvalue weighted by molar-refractivity contribution is 0.251. The smallest absolute Gasteiger partial charge is 0.319 e. The second-order valence-electron chi connectivity index (χ2n) is 4.86. The second-order valence-corrected chi connectivity index (χ2v) is 5.30. The predicted octanol–water partition coefficient (Wildman–Crippen LogP) is 2.90. The minimum Gasteiger partial charge on any atom is -0.332 e. The van der Waals surface area contributed by atoms with E-state index in [0.717, 1.165) is 0 Å². The third kappa shape index (κ3) is 3.49. The van der Waals surface area contributed by atoms with Crippen molar-refractivity contribution >= 4 is 34.1 Å². The first-order valence-corrected chi connectivity index (χ1v) is 7.28. The second kappa shape index (κ2) is 6.50. The maximum Gasteiger partial charge on any atom is 0.319 e. The van der Waals surface area contributed by atoms with Crippen LogP contribution in [0.3, 0.4) is 0 Å². The summed E-state index contributed by atoms with van der Waals surface area (Å²) < 4.78 is 0. The number of aromatic amines is 1. The van der Waals surface area contributed by atoms with Gasteiger partial charge in [0, 0.05) is 16.1 Å².